The molecular formula is C18H18N2O6. The second-order valence-corrected chi connectivity index (χ2v) is 5.56. The summed E-state index contributed by atoms with van der Waals surface area (Å²) in [6.45, 7) is 0.265. The third-order valence-electron chi connectivity index (χ3n) is 3.97. The molecule has 0 saturated carbocycles. The quantitative estimate of drug-likeness (QED) is 0.539. The smallest absolute Gasteiger partial charge is 0.290 e. The molecule has 8 nitrogen and oxygen atoms in total. The summed E-state index contributed by atoms with van der Waals surface area (Å²) in [6, 6.07) is 7.30. The molecule has 1 aliphatic rings. The summed E-state index contributed by atoms with van der Waals surface area (Å²) < 4.78 is 10.3. The molecule has 0 spiro atoms. The molecule has 8 heteroatoms. The van der Waals surface area contributed by atoms with E-state index in [1.165, 1.54) is 17.2 Å². The van der Waals surface area contributed by atoms with Crippen LogP contribution >= 0.6 is 0 Å². The first-order chi connectivity index (χ1) is 12.6. The van der Waals surface area contributed by atoms with Crippen molar-refractivity contribution in [2.45, 2.75) is 6.04 Å². The van der Waals surface area contributed by atoms with Crippen molar-refractivity contribution in [1.82, 2.24) is 9.88 Å². The molecule has 136 valence electrons. The summed E-state index contributed by atoms with van der Waals surface area (Å²) in [4.78, 5) is 30.9. The van der Waals surface area contributed by atoms with Crippen LogP contribution in [0.15, 0.2) is 58.5 Å². The van der Waals surface area contributed by atoms with Crippen LogP contribution in [0.1, 0.15) is 22.3 Å². The van der Waals surface area contributed by atoms with Crippen molar-refractivity contribution in [2.24, 2.45) is 0 Å². The Balaban J connectivity index is 1.95. The third-order valence-corrected chi connectivity index (χ3v) is 3.97. The van der Waals surface area contributed by atoms with E-state index in [9.17, 15) is 14.7 Å². The highest BCUT2D eigenvalue weighted by Gasteiger charge is 2.44. The number of aliphatic hydroxyl groups is 2. The molecule has 0 aromatic carbocycles. The number of carbonyl (C=O) groups is 2. The van der Waals surface area contributed by atoms with Gasteiger partial charge in [-0.3, -0.25) is 14.6 Å². The third kappa shape index (κ3) is 3.37. The van der Waals surface area contributed by atoms with E-state index >= 15 is 0 Å². The monoisotopic (exact) mass is 358 g/mol. The van der Waals surface area contributed by atoms with Crippen LogP contribution in [0.2, 0.25) is 0 Å². The molecule has 0 bridgehead atoms. The van der Waals surface area contributed by atoms with Gasteiger partial charge in [-0.25, -0.2) is 0 Å². The number of hydrogen-bond acceptors (Lipinski definition) is 7. The van der Waals surface area contributed by atoms with Crippen molar-refractivity contribution in [1.29, 1.82) is 0 Å². The average Bonchev–Trinajstić information content (AvgIpc) is 3.28. The first kappa shape index (κ1) is 17.8. The Morgan fingerprint density at radius 3 is 2.77 bits per heavy atom. The van der Waals surface area contributed by atoms with Crippen LogP contribution in [0.5, 0.6) is 0 Å². The van der Waals surface area contributed by atoms with Crippen LogP contribution in [0.3, 0.4) is 0 Å². The zero-order valence-corrected chi connectivity index (χ0v) is 13.9. The van der Waals surface area contributed by atoms with E-state index in [2.05, 4.69) is 4.98 Å². The number of Topliss-reactive ketones (excluding diaryl/α,β-unsaturated/α-hetero) is 1. The number of rotatable bonds is 8. The summed E-state index contributed by atoms with van der Waals surface area (Å²) in [6.07, 6.45) is 2.89. The minimum absolute atomic E-state index is 0.0265. The van der Waals surface area contributed by atoms with E-state index in [-0.39, 0.29) is 37.7 Å². The normalized spacial score (nSPS) is 17.2. The molecule has 0 fully saturated rings. The summed E-state index contributed by atoms with van der Waals surface area (Å²) in [5.74, 6) is -1.85. The molecule has 2 aromatic rings. The lowest BCUT2D eigenvalue weighted by Gasteiger charge is -2.25. The highest BCUT2D eigenvalue weighted by molar-refractivity contribution is 6.14. The molecule has 3 heterocycles. The predicted molar refractivity (Wildman–Crippen MR) is 89.3 cm³/mol. The van der Waals surface area contributed by atoms with Gasteiger partial charge in [-0.2, -0.15) is 0 Å². The number of amides is 1. The van der Waals surface area contributed by atoms with Crippen LogP contribution in [0.4, 0.5) is 0 Å². The van der Waals surface area contributed by atoms with Crippen LogP contribution in [0, 0.1) is 0 Å². The van der Waals surface area contributed by atoms with Gasteiger partial charge in [0, 0.05) is 12.7 Å². The zero-order chi connectivity index (χ0) is 18.5. The number of ketones is 1. The number of nitrogens with zero attached hydrogens (tertiary/aromatic N) is 2. The van der Waals surface area contributed by atoms with Gasteiger partial charge in [-0.15, -0.1) is 0 Å². The van der Waals surface area contributed by atoms with Crippen molar-refractivity contribution in [2.75, 3.05) is 26.4 Å². The number of carbonyl (C=O) groups excluding carboxylic acids is 2. The Morgan fingerprint density at radius 2 is 2.12 bits per heavy atom. The van der Waals surface area contributed by atoms with Gasteiger partial charge >= 0.3 is 0 Å². The molecule has 0 aliphatic carbocycles. The SMILES string of the molecule is O=C(C1=C(O)C(=O)N(CCOCCO)C1c1ccccn1)c1ccco1. The van der Waals surface area contributed by atoms with Gasteiger partial charge in [0.05, 0.1) is 37.4 Å². The average molecular weight is 358 g/mol. The Bertz CT molecular complexity index is 800. The van der Waals surface area contributed by atoms with E-state index < -0.39 is 23.5 Å². The Labute approximate surface area is 149 Å². The van der Waals surface area contributed by atoms with Crippen molar-refractivity contribution in [3.8, 4) is 0 Å². The van der Waals surface area contributed by atoms with Gasteiger partial charge < -0.3 is 24.3 Å². The van der Waals surface area contributed by atoms with Crippen molar-refractivity contribution >= 4 is 11.7 Å². The molecule has 2 aromatic heterocycles. The summed E-state index contributed by atoms with van der Waals surface area (Å²) in [5, 5.41) is 19.1. The largest absolute Gasteiger partial charge is 0.503 e. The van der Waals surface area contributed by atoms with Gasteiger partial charge in [-0.05, 0) is 24.3 Å². The second-order valence-electron chi connectivity index (χ2n) is 5.56. The van der Waals surface area contributed by atoms with E-state index in [4.69, 9.17) is 14.3 Å². The van der Waals surface area contributed by atoms with Gasteiger partial charge in [0.2, 0.25) is 5.78 Å². The highest BCUT2D eigenvalue weighted by Crippen LogP contribution is 2.37. The number of ether oxygens (including phenoxy) is 1. The predicted octanol–water partition coefficient (Wildman–Crippen LogP) is 1.26. The first-order valence-corrected chi connectivity index (χ1v) is 8.07. The fraction of sp³-hybridized carbons (Fsp3) is 0.278. The number of furan rings is 1. The molecule has 26 heavy (non-hydrogen) atoms. The molecule has 2 N–H and O–H groups in total. The summed E-state index contributed by atoms with van der Waals surface area (Å²) in [7, 11) is 0. The minimum Gasteiger partial charge on any atom is -0.503 e. The Morgan fingerprint density at radius 1 is 1.27 bits per heavy atom. The highest BCUT2D eigenvalue weighted by atomic mass is 16.5. The fourth-order valence-electron chi connectivity index (χ4n) is 2.83. The van der Waals surface area contributed by atoms with Crippen molar-refractivity contribution in [3.05, 3.63) is 65.6 Å². The molecule has 3 rings (SSSR count). The van der Waals surface area contributed by atoms with Gasteiger partial charge in [-0.1, -0.05) is 6.07 Å². The number of aliphatic hydroxyl groups excluding tert-OH is 2. The maximum absolute atomic E-state index is 12.8. The van der Waals surface area contributed by atoms with Crippen LogP contribution in [0.25, 0.3) is 0 Å². The zero-order valence-electron chi connectivity index (χ0n) is 13.9. The van der Waals surface area contributed by atoms with Gasteiger partial charge in [0.25, 0.3) is 5.91 Å². The fourth-order valence-corrected chi connectivity index (χ4v) is 2.83. The maximum atomic E-state index is 12.8. The van der Waals surface area contributed by atoms with Crippen LogP contribution < -0.4 is 0 Å². The van der Waals surface area contributed by atoms with Crippen molar-refractivity contribution < 1.29 is 29.0 Å². The number of hydrogen-bond donors (Lipinski definition) is 2. The van der Waals surface area contributed by atoms with E-state index in [0.29, 0.717) is 5.69 Å². The van der Waals surface area contributed by atoms with E-state index in [1.54, 1.807) is 30.5 Å². The van der Waals surface area contributed by atoms with Gasteiger partial charge in [0.15, 0.2) is 11.5 Å². The Hall–Kier alpha value is -2.97. The molecule has 1 aliphatic heterocycles. The van der Waals surface area contributed by atoms with E-state index in [1.807, 2.05) is 0 Å². The second kappa shape index (κ2) is 7.94. The number of pyridine rings is 1. The number of aromatic nitrogens is 1. The van der Waals surface area contributed by atoms with E-state index in [0.717, 1.165) is 0 Å². The molecule has 0 radical (unpaired) electrons. The molecule has 1 amide bonds. The van der Waals surface area contributed by atoms with Crippen LogP contribution in [-0.2, 0) is 9.53 Å². The standard InChI is InChI=1S/C18H18N2O6/c21-8-11-25-10-7-20-15(12-4-1-2-6-19-12)14(17(23)18(20)24)16(22)13-5-3-9-26-13/h1-6,9,15,21,23H,7-8,10-11H2. The lowest BCUT2D eigenvalue weighted by molar-refractivity contribution is -0.130. The summed E-state index contributed by atoms with van der Waals surface area (Å²) >= 11 is 0. The molecular weight excluding hydrogens is 340 g/mol. The lowest BCUT2D eigenvalue weighted by atomic mass is 9.98. The molecule has 1 atom stereocenters. The topological polar surface area (TPSA) is 113 Å². The first-order valence-electron chi connectivity index (χ1n) is 8.07. The van der Waals surface area contributed by atoms with Crippen LogP contribution in [-0.4, -0.2) is 58.2 Å². The maximum Gasteiger partial charge on any atom is 0.290 e. The molecule has 0 saturated heterocycles. The van der Waals surface area contributed by atoms with Crippen molar-refractivity contribution in [3.63, 3.8) is 0 Å². The minimum atomic E-state index is -0.848. The lowest BCUT2D eigenvalue weighted by Crippen LogP contribution is -2.34. The molecule has 1 unspecified atom stereocenters. The summed E-state index contributed by atoms with van der Waals surface area (Å²) in [5.41, 5.74) is 0.368. The Kier molecular flexibility index (Phi) is 5.45. The van der Waals surface area contributed by atoms with Gasteiger partial charge in [0.1, 0.15) is 6.04 Å².